The summed E-state index contributed by atoms with van der Waals surface area (Å²) in [5.41, 5.74) is 1.63. The van der Waals surface area contributed by atoms with E-state index in [0.29, 0.717) is 11.5 Å². The lowest BCUT2D eigenvalue weighted by molar-refractivity contribution is 0.151. The zero-order chi connectivity index (χ0) is 16.5. The van der Waals surface area contributed by atoms with Gasteiger partial charge < -0.3 is 5.32 Å². The second kappa shape index (κ2) is 7.61. The van der Waals surface area contributed by atoms with Gasteiger partial charge in [0.15, 0.2) is 4.96 Å². The molecule has 1 fully saturated rings. The Hall–Kier alpha value is -1.80. The first-order valence-corrected chi connectivity index (χ1v) is 8.75. The van der Waals surface area contributed by atoms with Gasteiger partial charge in [-0.1, -0.05) is 12.1 Å². The van der Waals surface area contributed by atoms with Crippen molar-refractivity contribution in [3.63, 3.8) is 0 Å². The van der Waals surface area contributed by atoms with E-state index in [-0.39, 0.29) is 29.8 Å². The van der Waals surface area contributed by atoms with Crippen molar-refractivity contribution in [2.75, 3.05) is 19.6 Å². The average molecular weight is 381 g/mol. The molecule has 2 aromatic heterocycles. The zero-order valence-electron chi connectivity index (χ0n) is 13.4. The van der Waals surface area contributed by atoms with Crippen LogP contribution in [0, 0.1) is 5.82 Å². The third-order valence-corrected chi connectivity index (χ3v) is 5.07. The standard InChI is InChI=1S/C17H17FN4OS.ClH/c18-13-3-1-2-12(8-13)15-10-19-4-5-21(15)11-14-9-16(23)22-6-7-24-17(22)20-14;/h1-3,6-9,15,19H,4-5,10-11H2;1H. The second-order valence-corrected chi connectivity index (χ2v) is 6.76. The fourth-order valence-electron chi connectivity index (χ4n) is 3.16. The van der Waals surface area contributed by atoms with Gasteiger partial charge in [0.25, 0.3) is 5.56 Å². The van der Waals surface area contributed by atoms with Gasteiger partial charge in [0, 0.05) is 49.9 Å². The largest absolute Gasteiger partial charge is 0.314 e. The Morgan fingerprint density at radius 1 is 1.36 bits per heavy atom. The second-order valence-electron chi connectivity index (χ2n) is 5.89. The highest BCUT2D eigenvalue weighted by Crippen LogP contribution is 2.24. The molecule has 1 N–H and O–H groups in total. The highest BCUT2D eigenvalue weighted by Gasteiger charge is 2.24. The van der Waals surface area contributed by atoms with Gasteiger partial charge in [0.2, 0.25) is 0 Å². The highest BCUT2D eigenvalue weighted by molar-refractivity contribution is 7.15. The van der Waals surface area contributed by atoms with E-state index in [1.54, 1.807) is 28.8 Å². The SMILES string of the molecule is Cl.O=c1cc(CN2CCNCC2c2cccc(F)c2)nc2sccn12. The Balaban J connectivity index is 0.00000182. The van der Waals surface area contributed by atoms with Crippen molar-refractivity contribution in [1.82, 2.24) is 19.6 Å². The average Bonchev–Trinajstić information content (AvgIpc) is 3.04. The number of hydrogen-bond donors (Lipinski definition) is 1. The molecule has 3 aromatic rings. The van der Waals surface area contributed by atoms with Gasteiger partial charge in [0.05, 0.1) is 5.69 Å². The van der Waals surface area contributed by atoms with Crippen LogP contribution in [-0.2, 0) is 6.54 Å². The zero-order valence-corrected chi connectivity index (χ0v) is 15.0. The lowest BCUT2D eigenvalue weighted by Gasteiger charge is -2.36. The summed E-state index contributed by atoms with van der Waals surface area (Å²) in [6, 6.07) is 8.37. The molecule has 1 aliphatic heterocycles. The van der Waals surface area contributed by atoms with Crippen LogP contribution in [0.1, 0.15) is 17.3 Å². The molecule has 1 atom stereocenters. The fourth-order valence-corrected chi connectivity index (χ4v) is 3.89. The molecular formula is C17H18ClFN4OS. The maximum Gasteiger partial charge on any atom is 0.258 e. The predicted molar refractivity (Wildman–Crippen MR) is 99.0 cm³/mol. The van der Waals surface area contributed by atoms with Crippen molar-refractivity contribution in [2.45, 2.75) is 12.6 Å². The van der Waals surface area contributed by atoms with Crippen LogP contribution in [-0.4, -0.2) is 33.9 Å². The first-order valence-electron chi connectivity index (χ1n) is 7.87. The van der Waals surface area contributed by atoms with Crippen LogP contribution in [0.3, 0.4) is 0 Å². The third-order valence-electron chi connectivity index (χ3n) is 4.31. The van der Waals surface area contributed by atoms with Crippen LogP contribution in [0.5, 0.6) is 0 Å². The van der Waals surface area contributed by atoms with Gasteiger partial charge in [-0.25, -0.2) is 9.37 Å². The fraction of sp³-hybridized carbons (Fsp3) is 0.294. The normalized spacial score (nSPS) is 18.2. The van der Waals surface area contributed by atoms with Crippen LogP contribution in [0.2, 0.25) is 0 Å². The van der Waals surface area contributed by atoms with E-state index < -0.39 is 0 Å². The van der Waals surface area contributed by atoms with Crippen LogP contribution in [0.4, 0.5) is 4.39 Å². The molecule has 0 amide bonds. The summed E-state index contributed by atoms with van der Waals surface area (Å²) in [5, 5.41) is 5.21. The van der Waals surface area contributed by atoms with Crippen molar-refractivity contribution in [3.05, 3.63) is 69.3 Å². The first-order chi connectivity index (χ1) is 11.7. The number of nitrogens with zero attached hydrogens (tertiary/aromatic N) is 3. The molecular weight excluding hydrogens is 363 g/mol. The molecule has 132 valence electrons. The van der Waals surface area contributed by atoms with E-state index in [0.717, 1.165) is 30.9 Å². The Labute approximate surface area is 154 Å². The maximum absolute atomic E-state index is 13.6. The minimum absolute atomic E-state index is 0. The molecule has 1 aliphatic rings. The molecule has 1 unspecified atom stereocenters. The molecule has 1 aromatic carbocycles. The van der Waals surface area contributed by atoms with Gasteiger partial charge in [-0.2, -0.15) is 0 Å². The topological polar surface area (TPSA) is 49.6 Å². The highest BCUT2D eigenvalue weighted by atomic mass is 35.5. The monoisotopic (exact) mass is 380 g/mol. The van der Waals surface area contributed by atoms with Crippen LogP contribution >= 0.6 is 23.7 Å². The molecule has 0 spiro atoms. The number of aromatic nitrogens is 2. The van der Waals surface area contributed by atoms with Crippen molar-refractivity contribution >= 4 is 28.7 Å². The third kappa shape index (κ3) is 3.74. The summed E-state index contributed by atoms with van der Waals surface area (Å²) in [6.07, 6.45) is 1.74. The molecule has 4 rings (SSSR count). The minimum atomic E-state index is -0.227. The molecule has 8 heteroatoms. The van der Waals surface area contributed by atoms with Crippen molar-refractivity contribution in [3.8, 4) is 0 Å². The summed E-state index contributed by atoms with van der Waals surface area (Å²) >= 11 is 1.45. The van der Waals surface area contributed by atoms with Crippen LogP contribution in [0.25, 0.3) is 4.96 Å². The van der Waals surface area contributed by atoms with Crippen molar-refractivity contribution in [2.24, 2.45) is 0 Å². The van der Waals surface area contributed by atoms with Gasteiger partial charge >= 0.3 is 0 Å². The molecule has 1 saturated heterocycles. The Kier molecular flexibility index (Phi) is 5.48. The predicted octanol–water partition coefficient (Wildman–Crippen LogP) is 2.46. The van der Waals surface area contributed by atoms with E-state index in [1.807, 2.05) is 11.4 Å². The van der Waals surface area contributed by atoms with Gasteiger partial charge in [0.1, 0.15) is 5.82 Å². The molecule has 5 nitrogen and oxygen atoms in total. The van der Waals surface area contributed by atoms with Crippen molar-refractivity contribution < 1.29 is 4.39 Å². The lowest BCUT2D eigenvalue weighted by Crippen LogP contribution is -2.45. The van der Waals surface area contributed by atoms with E-state index in [9.17, 15) is 9.18 Å². The Morgan fingerprint density at radius 2 is 2.24 bits per heavy atom. The summed E-state index contributed by atoms with van der Waals surface area (Å²) in [4.78, 5) is 19.7. The molecule has 0 radical (unpaired) electrons. The van der Waals surface area contributed by atoms with Crippen LogP contribution < -0.4 is 10.9 Å². The van der Waals surface area contributed by atoms with E-state index in [2.05, 4.69) is 15.2 Å². The number of fused-ring (bicyclic) bond motifs is 1. The lowest BCUT2D eigenvalue weighted by atomic mass is 10.0. The summed E-state index contributed by atoms with van der Waals surface area (Å²) in [5.74, 6) is -0.227. The quantitative estimate of drug-likeness (QED) is 0.758. The number of nitrogens with one attached hydrogen (secondary N) is 1. The Bertz CT molecular complexity index is 928. The van der Waals surface area contributed by atoms with Crippen molar-refractivity contribution in [1.29, 1.82) is 0 Å². The number of benzene rings is 1. The minimum Gasteiger partial charge on any atom is -0.314 e. The molecule has 0 aliphatic carbocycles. The van der Waals surface area contributed by atoms with E-state index >= 15 is 0 Å². The summed E-state index contributed by atoms with van der Waals surface area (Å²) in [7, 11) is 0. The number of piperazine rings is 1. The van der Waals surface area contributed by atoms with Gasteiger partial charge in [-0.3, -0.25) is 14.1 Å². The first kappa shape index (κ1) is 18.0. The smallest absolute Gasteiger partial charge is 0.258 e. The van der Waals surface area contributed by atoms with Crippen LogP contribution in [0.15, 0.2) is 46.7 Å². The number of rotatable bonds is 3. The number of thiazole rings is 1. The molecule has 0 saturated carbocycles. The summed E-state index contributed by atoms with van der Waals surface area (Å²) < 4.78 is 15.1. The van der Waals surface area contributed by atoms with Gasteiger partial charge in [-0.15, -0.1) is 23.7 Å². The van der Waals surface area contributed by atoms with Gasteiger partial charge in [-0.05, 0) is 17.7 Å². The van der Waals surface area contributed by atoms with E-state index in [4.69, 9.17) is 0 Å². The Morgan fingerprint density at radius 3 is 3.08 bits per heavy atom. The molecule has 3 heterocycles. The molecule has 25 heavy (non-hydrogen) atoms. The van der Waals surface area contributed by atoms with E-state index in [1.165, 1.54) is 17.4 Å². The number of halogens is 2. The molecule has 0 bridgehead atoms. The maximum atomic E-state index is 13.6. The number of hydrogen-bond acceptors (Lipinski definition) is 5. The summed E-state index contributed by atoms with van der Waals surface area (Å²) in [6.45, 7) is 3.02.